The number of rotatable bonds is 16. The number of ether oxygens (including phenoxy) is 3. The van der Waals surface area contributed by atoms with Crippen molar-refractivity contribution in [2.24, 2.45) is 0 Å². The van der Waals surface area contributed by atoms with Gasteiger partial charge < -0.3 is 19.0 Å². The van der Waals surface area contributed by atoms with Crippen LogP contribution in [0.3, 0.4) is 0 Å². The van der Waals surface area contributed by atoms with Crippen molar-refractivity contribution in [3.63, 3.8) is 0 Å². The highest BCUT2D eigenvalue weighted by atomic mass is 35.5. The number of hydrogen-bond donors (Lipinski definition) is 0. The molecule has 1 heterocycles. The topological polar surface area (TPSA) is 62.6 Å². The minimum absolute atomic E-state index is 0.0265. The van der Waals surface area contributed by atoms with Gasteiger partial charge in [0, 0.05) is 41.9 Å². The highest BCUT2D eigenvalue weighted by molar-refractivity contribution is 6.30. The van der Waals surface area contributed by atoms with Gasteiger partial charge in [-0.05, 0) is 56.0 Å². The standard InChI is InChI=1S/C28H35ClN2O4/c1-22(2)31-27(13-15-30-31)26(19-23-9-11-25(29)12-10-23)28(14-16-32)35-18-6-17-33-21-34-20-24-7-4-3-5-8-24/h3-5,7-13,15-16,22,26,28H,6,14,17-21H2,1-2H3. The van der Waals surface area contributed by atoms with E-state index in [1.807, 2.05) is 71.5 Å². The van der Waals surface area contributed by atoms with Gasteiger partial charge in [-0.25, -0.2) is 0 Å². The molecule has 7 heteroatoms. The molecular formula is C28H35ClN2O4. The molecule has 35 heavy (non-hydrogen) atoms. The molecule has 0 N–H and O–H groups in total. The van der Waals surface area contributed by atoms with Crippen LogP contribution in [0.5, 0.6) is 0 Å². The van der Waals surface area contributed by atoms with Crippen LogP contribution in [0.15, 0.2) is 66.9 Å². The van der Waals surface area contributed by atoms with Crippen molar-refractivity contribution in [3.05, 3.63) is 88.7 Å². The van der Waals surface area contributed by atoms with Crippen molar-refractivity contribution in [1.29, 1.82) is 0 Å². The molecule has 0 aliphatic heterocycles. The second-order valence-electron chi connectivity index (χ2n) is 8.76. The Morgan fingerprint density at radius 3 is 2.46 bits per heavy atom. The van der Waals surface area contributed by atoms with Gasteiger partial charge in [0.1, 0.15) is 13.1 Å². The average Bonchev–Trinajstić information content (AvgIpc) is 3.35. The van der Waals surface area contributed by atoms with E-state index in [-0.39, 0.29) is 24.9 Å². The number of aldehydes is 1. The van der Waals surface area contributed by atoms with Crippen LogP contribution in [0, 0.1) is 0 Å². The molecule has 0 aliphatic rings. The van der Waals surface area contributed by atoms with Gasteiger partial charge in [0.25, 0.3) is 0 Å². The molecule has 6 nitrogen and oxygen atoms in total. The molecule has 2 aromatic carbocycles. The Labute approximate surface area is 213 Å². The summed E-state index contributed by atoms with van der Waals surface area (Å²) in [7, 11) is 0. The summed E-state index contributed by atoms with van der Waals surface area (Å²) >= 11 is 6.08. The summed E-state index contributed by atoms with van der Waals surface area (Å²) in [6, 6.07) is 20.0. The van der Waals surface area contributed by atoms with Gasteiger partial charge in [0.05, 0.1) is 19.3 Å². The monoisotopic (exact) mass is 498 g/mol. The zero-order valence-corrected chi connectivity index (χ0v) is 21.3. The molecular weight excluding hydrogens is 464 g/mol. The Balaban J connectivity index is 1.55. The van der Waals surface area contributed by atoms with E-state index in [2.05, 4.69) is 18.9 Å². The Morgan fingerprint density at radius 2 is 1.74 bits per heavy atom. The summed E-state index contributed by atoms with van der Waals surface area (Å²) in [4.78, 5) is 11.6. The number of benzene rings is 2. The summed E-state index contributed by atoms with van der Waals surface area (Å²) in [5.74, 6) is -0.0265. The van der Waals surface area contributed by atoms with Crippen LogP contribution in [-0.4, -0.2) is 42.2 Å². The lowest BCUT2D eigenvalue weighted by atomic mass is 9.89. The van der Waals surface area contributed by atoms with Gasteiger partial charge in [-0.1, -0.05) is 54.1 Å². The largest absolute Gasteiger partial charge is 0.377 e. The molecule has 0 aliphatic carbocycles. The van der Waals surface area contributed by atoms with Gasteiger partial charge in [0.2, 0.25) is 0 Å². The molecule has 0 radical (unpaired) electrons. The molecule has 3 rings (SSSR count). The fourth-order valence-electron chi connectivity index (χ4n) is 4.04. The number of carbonyl (C=O) groups excluding carboxylic acids is 1. The normalized spacial score (nSPS) is 13.1. The molecule has 3 aromatic rings. The first kappa shape index (κ1) is 27.1. The number of aromatic nitrogens is 2. The first-order chi connectivity index (χ1) is 17.1. The van der Waals surface area contributed by atoms with Gasteiger partial charge in [0.15, 0.2) is 0 Å². The van der Waals surface area contributed by atoms with Gasteiger partial charge in [-0.3, -0.25) is 4.68 Å². The maximum atomic E-state index is 11.6. The van der Waals surface area contributed by atoms with Crippen LogP contribution in [0.2, 0.25) is 5.02 Å². The Hall–Kier alpha value is -2.51. The second kappa shape index (κ2) is 14.8. The first-order valence-electron chi connectivity index (χ1n) is 12.1. The lowest BCUT2D eigenvalue weighted by Crippen LogP contribution is -2.28. The second-order valence-corrected chi connectivity index (χ2v) is 9.19. The molecule has 188 valence electrons. The molecule has 0 spiro atoms. The summed E-state index contributed by atoms with van der Waals surface area (Å²) in [6.45, 7) is 5.97. The third-order valence-electron chi connectivity index (χ3n) is 5.76. The molecule has 2 unspecified atom stereocenters. The predicted octanol–water partition coefficient (Wildman–Crippen LogP) is 6.00. The third kappa shape index (κ3) is 8.89. The lowest BCUT2D eigenvalue weighted by Gasteiger charge is -2.28. The predicted molar refractivity (Wildman–Crippen MR) is 138 cm³/mol. The summed E-state index contributed by atoms with van der Waals surface area (Å²) in [5.41, 5.74) is 3.31. The van der Waals surface area contributed by atoms with Crippen molar-refractivity contribution in [2.45, 2.75) is 57.8 Å². The van der Waals surface area contributed by atoms with Crippen LogP contribution < -0.4 is 0 Å². The van der Waals surface area contributed by atoms with Crippen LogP contribution >= 0.6 is 11.6 Å². The van der Waals surface area contributed by atoms with Crippen LogP contribution in [0.4, 0.5) is 0 Å². The van der Waals surface area contributed by atoms with E-state index in [4.69, 9.17) is 25.8 Å². The maximum Gasteiger partial charge on any atom is 0.147 e. The smallest absolute Gasteiger partial charge is 0.147 e. The highest BCUT2D eigenvalue weighted by Gasteiger charge is 2.28. The zero-order chi connectivity index (χ0) is 24.9. The lowest BCUT2D eigenvalue weighted by molar-refractivity contribution is -0.111. The Morgan fingerprint density at radius 1 is 0.971 bits per heavy atom. The van der Waals surface area contributed by atoms with Gasteiger partial charge >= 0.3 is 0 Å². The van der Waals surface area contributed by atoms with E-state index < -0.39 is 0 Å². The van der Waals surface area contributed by atoms with Crippen molar-refractivity contribution in [1.82, 2.24) is 9.78 Å². The van der Waals surface area contributed by atoms with Crippen LogP contribution in [0.1, 0.15) is 55.5 Å². The van der Waals surface area contributed by atoms with Crippen molar-refractivity contribution >= 4 is 17.9 Å². The van der Waals surface area contributed by atoms with E-state index in [0.29, 0.717) is 37.7 Å². The number of nitrogens with zero attached hydrogens (tertiary/aromatic N) is 2. The zero-order valence-electron chi connectivity index (χ0n) is 20.5. The van der Waals surface area contributed by atoms with Crippen LogP contribution in [-0.2, 0) is 32.0 Å². The summed E-state index contributed by atoms with van der Waals surface area (Å²) < 4.78 is 19.4. The Bertz CT molecular complexity index is 992. The molecule has 0 amide bonds. The molecule has 0 bridgehead atoms. The first-order valence-corrected chi connectivity index (χ1v) is 12.5. The van der Waals surface area contributed by atoms with E-state index in [0.717, 1.165) is 29.5 Å². The number of hydrogen-bond acceptors (Lipinski definition) is 5. The molecule has 0 saturated carbocycles. The van der Waals surface area contributed by atoms with Crippen molar-refractivity contribution in [2.75, 3.05) is 20.0 Å². The number of carbonyl (C=O) groups is 1. The third-order valence-corrected chi connectivity index (χ3v) is 6.01. The highest BCUT2D eigenvalue weighted by Crippen LogP contribution is 2.30. The van der Waals surface area contributed by atoms with E-state index >= 15 is 0 Å². The van der Waals surface area contributed by atoms with Crippen molar-refractivity contribution in [3.8, 4) is 0 Å². The summed E-state index contributed by atoms with van der Waals surface area (Å²) in [5, 5.41) is 5.21. The SMILES string of the molecule is CC(C)n1nccc1C(Cc1ccc(Cl)cc1)C(CC=O)OCCCOCOCc1ccccc1. The maximum absolute atomic E-state index is 11.6. The Kier molecular flexibility index (Phi) is 11.4. The van der Waals surface area contributed by atoms with E-state index in [1.165, 1.54) is 0 Å². The molecule has 0 fully saturated rings. The minimum Gasteiger partial charge on any atom is -0.377 e. The fraction of sp³-hybridized carbons (Fsp3) is 0.429. The van der Waals surface area contributed by atoms with Crippen LogP contribution in [0.25, 0.3) is 0 Å². The van der Waals surface area contributed by atoms with Gasteiger partial charge in [-0.15, -0.1) is 0 Å². The fourth-order valence-corrected chi connectivity index (χ4v) is 4.17. The van der Waals surface area contributed by atoms with E-state index in [1.54, 1.807) is 0 Å². The quantitative estimate of drug-likeness (QED) is 0.138. The molecule has 0 saturated heterocycles. The van der Waals surface area contributed by atoms with Crippen molar-refractivity contribution < 1.29 is 19.0 Å². The minimum atomic E-state index is -0.272. The number of halogens is 1. The average molecular weight is 499 g/mol. The van der Waals surface area contributed by atoms with Gasteiger partial charge in [-0.2, -0.15) is 5.10 Å². The summed E-state index contributed by atoms with van der Waals surface area (Å²) in [6.07, 6.45) is 4.21. The molecule has 2 atom stereocenters. The molecule has 1 aromatic heterocycles. The van der Waals surface area contributed by atoms with E-state index in [9.17, 15) is 4.79 Å².